The standard InChI is InChI=1S/C9H10F3NOS/c1-2-13(6-9(10,11)12)8(14)7-4-3-5-15-7/h3-5H,2,6H2,1H3. The van der Waals surface area contributed by atoms with Gasteiger partial charge in [-0.1, -0.05) is 6.07 Å². The van der Waals surface area contributed by atoms with Gasteiger partial charge in [0, 0.05) is 6.54 Å². The molecule has 0 unspecified atom stereocenters. The van der Waals surface area contributed by atoms with E-state index in [1.54, 1.807) is 11.4 Å². The Hall–Kier alpha value is -1.04. The molecule has 0 radical (unpaired) electrons. The summed E-state index contributed by atoms with van der Waals surface area (Å²) in [6, 6.07) is 3.16. The van der Waals surface area contributed by atoms with E-state index in [4.69, 9.17) is 0 Å². The lowest BCUT2D eigenvalue weighted by Crippen LogP contribution is -2.38. The SMILES string of the molecule is CCN(CC(F)(F)F)C(=O)c1cccs1. The predicted octanol–water partition coefficient (Wildman–Crippen LogP) is 2.77. The molecule has 0 fully saturated rings. The minimum absolute atomic E-state index is 0.0518. The average molecular weight is 237 g/mol. The van der Waals surface area contributed by atoms with Crippen LogP contribution in [0.3, 0.4) is 0 Å². The molecule has 0 spiro atoms. The normalized spacial score (nSPS) is 11.5. The molecular weight excluding hydrogens is 227 g/mol. The highest BCUT2D eigenvalue weighted by molar-refractivity contribution is 7.12. The van der Waals surface area contributed by atoms with Gasteiger partial charge in [0.15, 0.2) is 0 Å². The summed E-state index contributed by atoms with van der Waals surface area (Å²) in [5, 5.41) is 1.66. The van der Waals surface area contributed by atoms with Crippen molar-refractivity contribution in [3.63, 3.8) is 0 Å². The van der Waals surface area contributed by atoms with E-state index in [0.29, 0.717) is 4.88 Å². The summed E-state index contributed by atoms with van der Waals surface area (Å²) >= 11 is 1.14. The van der Waals surface area contributed by atoms with Crippen LogP contribution in [0.25, 0.3) is 0 Å². The zero-order valence-electron chi connectivity index (χ0n) is 8.04. The molecule has 0 aliphatic rings. The third-order valence-electron chi connectivity index (χ3n) is 1.77. The van der Waals surface area contributed by atoms with Gasteiger partial charge in [0.05, 0.1) is 4.88 Å². The number of amides is 1. The number of thiophene rings is 1. The lowest BCUT2D eigenvalue weighted by molar-refractivity contribution is -0.140. The molecule has 1 heterocycles. The number of alkyl halides is 3. The van der Waals surface area contributed by atoms with Gasteiger partial charge < -0.3 is 4.90 Å². The summed E-state index contributed by atoms with van der Waals surface area (Å²) in [5.74, 6) is -0.565. The third-order valence-corrected chi connectivity index (χ3v) is 2.63. The highest BCUT2D eigenvalue weighted by Crippen LogP contribution is 2.19. The maximum absolute atomic E-state index is 12.1. The fraction of sp³-hybridized carbons (Fsp3) is 0.444. The van der Waals surface area contributed by atoms with Gasteiger partial charge in [-0.05, 0) is 18.4 Å². The fourth-order valence-electron chi connectivity index (χ4n) is 1.10. The lowest BCUT2D eigenvalue weighted by Gasteiger charge is -2.21. The van der Waals surface area contributed by atoms with Crippen molar-refractivity contribution in [1.29, 1.82) is 0 Å². The molecule has 2 nitrogen and oxygen atoms in total. The number of hydrogen-bond donors (Lipinski definition) is 0. The molecule has 0 saturated heterocycles. The summed E-state index contributed by atoms with van der Waals surface area (Å²) in [4.78, 5) is 12.7. The zero-order valence-corrected chi connectivity index (χ0v) is 8.86. The molecule has 1 amide bonds. The summed E-state index contributed by atoms with van der Waals surface area (Å²) in [7, 11) is 0. The van der Waals surface area contributed by atoms with Gasteiger partial charge in [0.2, 0.25) is 0 Å². The van der Waals surface area contributed by atoms with E-state index in [-0.39, 0.29) is 6.54 Å². The van der Waals surface area contributed by atoms with Crippen LogP contribution in [0.15, 0.2) is 17.5 Å². The average Bonchev–Trinajstić information content (AvgIpc) is 2.64. The molecule has 0 atom stereocenters. The summed E-state index contributed by atoms with van der Waals surface area (Å²) < 4.78 is 36.3. The van der Waals surface area contributed by atoms with E-state index in [1.807, 2.05) is 0 Å². The molecular formula is C9H10F3NOS. The number of halogens is 3. The summed E-state index contributed by atoms with van der Waals surface area (Å²) in [6.45, 7) is 0.383. The van der Waals surface area contributed by atoms with Crippen LogP contribution in [0.2, 0.25) is 0 Å². The Morgan fingerprint density at radius 1 is 1.53 bits per heavy atom. The van der Waals surface area contributed by atoms with Crippen molar-refractivity contribution in [2.24, 2.45) is 0 Å². The van der Waals surface area contributed by atoms with E-state index in [2.05, 4.69) is 0 Å². The molecule has 1 rings (SSSR count). The van der Waals surface area contributed by atoms with Gasteiger partial charge >= 0.3 is 6.18 Å². The van der Waals surface area contributed by atoms with E-state index in [0.717, 1.165) is 16.2 Å². The quantitative estimate of drug-likeness (QED) is 0.791. The fourth-order valence-corrected chi connectivity index (χ4v) is 1.79. The summed E-state index contributed by atoms with van der Waals surface area (Å²) in [6.07, 6.45) is -4.34. The summed E-state index contributed by atoms with van der Waals surface area (Å²) in [5.41, 5.74) is 0. The van der Waals surface area contributed by atoms with Crippen molar-refractivity contribution in [3.8, 4) is 0 Å². The number of carbonyl (C=O) groups is 1. The molecule has 6 heteroatoms. The molecule has 0 saturated carbocycles. The minimum Gasteiger partial charge on any atom is -0.329 e. The van der Waals surface area contributed by atoms with Crippen LogP contribution < -0.4 is 0 Å². The van der Waals surface area contributed by atoms with Crippen LogP contribution >= 0.6 is 11.3 Å². The molecule has 0 N–H and O–H groups in total. The second kappa shape index (κ2) is 4.65. The molecule has 1 aromatic rings. The first kappa shape index (κ1) is 12.0. The molecule has 0 aliphatic carbocycles. The van der Waals surface area contributed by atoms with Crippen LogP contribution in [0.1, 0.15) is 16.6 Å². The highest BCUT2D eigenvalue weighted by Gasteiger charge is 2.32. The van der Waals surface area contributed by atoms with Crippen LogP contribution in [0.5, 0.6) is 0 Å². The van der Waals surface area contributed by atoms with E-state index in [9.17, 15) is 18.0 Å². The first-order chi connectivity index (χ1) is 6.94. The molecule has 15 heavy (non-hydrogen) atoms. The van der Waals surface area contributed by atoms with Crippen molar-refractivity contribution >= 4 is 17.2 Å². The minimum atomic E-state index is -4.34. The van der Waals surface area contributed by atoms with E-state index >= 15 is 0 Å². The Morgan fingerprint density at radius 2 is 2.20 bits per heavy atom. The van der Waals surface area contributed by atoms with Crippen LogP contribution in [-0.2, 0) is 0 Å². The Balaban J connectivity index is 2.72. The predicted molar refractivity (Wildman–Crippen MR) is 52.0 cm³/mol. The van der Waals surface area contributed by atoms with Crippen LogP contribution in [-0.4, -0.2) is 30.1 Å². The largest absolute Gasteiger partial charge is 0.406 e. The molecule has 0 bridgehead atoms. The first-order valence-electron chi connectivity index (χ1n) is 4.33. The first-order valence-corrected chi connectivity index (χ1v) is 5.21. The van der Waals surface area contributed by atoms with Gasteiger partial charge in [0.25, 0.3) is 5.91 Å². The topological polar surface area (TPSA) is 20.3 Å². The zero-order chi connectivity index (χ0) is 11.5. The Labute approximate surface area is 89.3 Å². The van der Waals surface area contributed by atoms with Gasteiger partial charge in [-0.3, -0.25) is 4.79 Å². The van der Waals surface area contributed by atoms with E-state index < -0.39 is 18.6 Å². The Bertz CT molecular complexity index is 321. The van der Waals surface area contributed by atoms with Crippen molar-refractivity contribution in [2.75, 3.05) is 13.1 Å². The number of rotatable bonds is 3. The van der Waals surface area contributed by atoms with Gasteiger partial charge in [-0.2, -0.15) is 13.2 Å². The highest BCUT2D eigenvalue weighted by atomic mass is 32.1. The molecule has 84 valence electrons. The van der Waals surface area contributed by atoms with Gasteiger partial charge in [0.1, 0.15) is 6.54 Å². The number of hydrogen-bond acceptors (Lipinski definition) is 2. The second-order valence-electron chi connectivity index (χ2n) is 2.91. The molecule has 0 aromatic carbocycles. The third kappa shape index (κ3) is 3.54. The second-order valence-corrected chi connectivity index (χ2v) is 3.86. The van der Waals surface area contributed by atoms with Crippen molar-refractivity contribution in [1.82, 2.24) is 4.90 Å². The monoisotopic (exact) mass is 237 g/mol. The van der Waals surface area contributed by atoms with Crippen molar-refractivity contribution in [2.45, 2.75) is 13.1 Å². The van der Waals surface area contributed by atoms with Crippen LogP contribution in [0.4, 0.5) is 13.2 Å². The van der Waals surface area contributed by atoms with Crippen LogP contribution in [0, 0.1) is 0 Å². The molecule has 1 aromatic heterocycles. The molecule has 0 aliphatic heterocycles. The number of nitrogens with zero attached hydrogens (tertiary/aromatic N) is 1. The lowest BCUT2D eigenvalue weighted by atomic mass is 10.4. The number of carbonyl (C=O) groups excluding carboxylic acids is 1. The van der Waals surface area contributed by atoms with Crippen molar-refractivity contribution < 1.29 is 18.0 Å². The van der Waals surface area contributed by atoms with E-state index in [1.165, 1.54) is 13.0 Å². The maximum Gasteiger partial charge on any atom is 0.406 e. The maximum atomic E-state index is 12.1. The van der Waals surface area contributed by atoms with Gasteiger partial charge in [-0.15, -0.1) is 11.3 Å². The van der Waals surface area contributed by atoms with Crippen molar-refractivity contribution in [3.05, 3.63) is 22.4 Å². The Morgan fingerprint density at radius 3 is 2.60 bits per heavy atom. The van der Waals surface area contributed by atoms with Gasteiger partial charge in [-0.25, -0.2) is 0 Å². The Kier molecular flexibility index (Phi) is 3.73. The smallest absolute Gasteiger partial charge is 0.329 e.